The van der Waals surface area contributed by atoms with E-state index in [0.717, 1.165) is 18.4 Å². The lowest BCUT2D eigenvalue weighted by atomic mass is 9.68. The van der Waals surface area contributed by atoms with Crippen LogP contribution in [0.2, 0.25) is 0 Å². The molecule has 1 aromatic rings. The molecule has 2 nitrogen and oxygen atoms in total. The summed E-state index contributed by atoms with van der Waals surface area (Å²) in [6.45, 7) is 3.09. The quantitative estimate of drug-likeness (QED) is 0.717. The lowest BCUT2D eigenvalue weighted by Gasteiger charge is -2.46. The Balaban J connectivity index is 1.91. The van der Waals surface area contributed by atoms with Crippen molar-refractivity contribution in [2.24, 2.45) is 5.92 Å². The fraction of sp³-hybridized carbons (Fsp3) is 0.619. The van der Waals surface area contributed by atoms with Gasteiger partial charge in [0.05, 0.1) is 0 Å². The van der Waals surface area contributed by atoms with Crippen LogP contribution in [0.15, 0.2) is 23.8 Å². The molecule has 0 aromatic heterocycles. The van der Waals surface area contributed by atoms with E-state index in [1.165, 1.54) is 5.57 Å². The van der Waals surface area contributed by atoms with Crippen LogP contribution in [0.5, 0.6) is 11.5 Å². The molecule has 2 atom stereocenters. The Morgan fingerprint density at radius 1 is 1.43 bits per heavy atom. The lowest BCUT2D eigenvalue weighted by molar-refractivity contribution is 0.0107. The average Bonchev–Trinajstić information content (AvgIpc) is 2.57. The maximum Gasteiger partial charge on any atom is 0.127 e. The van der Waals surface area contributed by atoms with Gasteiger partial charge in [0.2, 0.25) is 0 Å². The molecule has 0 fully saturated rings. The Bertz CT molecular complexity index is 856. The third-order valence-corrected chi connectivity index (χ3v) is 5.15. The minimum atomic E-state index is -3.07. The molecular formula is C21H30O2. The topological polar surface area (TPSA) is 29.5 Å². The number of hydrogen-bond donors (Lipinski definition) is 1. The predicted molar refractivity (Wildman–Crippen MR) is 95.3 cm³/mol. The predicted octanol–water partition coefficient (Wildman–Crippen LogP) is 5.74. The van der Waals surface area contributed by atoms with Crippen LogP contribution in [0, 0.1) is 5.92 Å². The van der Waals surface area contributed by atoms with E-state index in [1.807, 2.05) is 13.8 Å². The van der Waals surface area contributed by atoms with Crippen molar-refractivity contribution < 1.29 is 19.4 Å². The number of benzene rings is 1. The number of phenolic OH excluding ortho intramolecular Hbond substituents is 1. The Kier molecular flexibility index (Phi) is 2.64. The summed E-state index contributed by atoms with van der Waals surface area (Å²) < 4.78 is 59.8. The number of aryl methyl sites for hydroxylation is 1. The van der Waals surface area contributed by atoms with Crippen LogP contribution in [0.1, 0.15) is 86.3 Å². The Morgan fingerprint density at radius 2 is 2.26 bits per heavy atom. The van der Waals surface area contributed by atoms with Gasteiger partial charge in [-0.1, -0.05) is 31.2 Å². The van der Waals surface area contributed by atoms with Crippen LogP contribution in [0.25, 0.3) is 0 Å². The van der Waals surface area contributed by atoms with Gasteiger partial charge in [-0.3, -0.25) is 0 Å². The van der Waals surface area contributed by atoms with E-state index in [0.29, 0.717) is 11.3 Å². The van der Waals surface area contributed by atoms with Crippen molar-refractivity contribution in [1.29, 1.82) is 0 Å². The first-order valence-electron chi connectivity index (χ1n) is 11.8. The summed E-state index contributed by atoms with van der Waals surface area (Å²) in [5.41, 5.74) is 2.18. The number of rotatable bonds is 4. The van der Waals surface area contributed by atoms with Crippen LogP contribution in [-0.2, 0) is 6.42 Å². The van der Waals surface area contributed by atoms with Crippen molar-refractivity contribution in [3.63, 3.8) is 0 Å². The zero-order valence-corrected chi connectivity index (χ0v) is 14.1. The molecule has 0 radical (unpaired) electrons. The molecule has 1 aromatic carbocycles. The lowest BCUT2D eigenvalue weighted by Crippen LogP contribution is -2.45. The van der Waals surface area contributed by atoms with Gasteiger partial charge in [0.1, 0.15) is 17.1 Å². The fourth-order valence-electron chi connectivity index (χ4n) is 3.99. The van der Waals surface area contributed by atoms with Crippen LogP contribution in [0.4, 0.5) is 0 Å². The van der Waals surface area contributed by atoms with Gasteiger partial charge in [-0.2, -0.15) is 0 Å². The highest BCUT2D eigenvalue weighted by molar-refractivity contribution is 5.53. The van der Waals surface area contributed by atoms with Gasteiger partial charge in [-0.25, -0.2) is 0 Å². The van der Waals surface area contributed by atoms with Crippen molar-refractivity contribution in [1.82, 2.24) is 0 Å². The van der Waals surface area contributed by atoms with E-state index in [2.05, 4.69) is 13.0 Å². The van der Waals surface area contributed by atoms with Gasteiger partial charge < -0.3 is 9.84 Å². The van der Waals surface area contributed by atoms with Crippen LogP contribution >= 0.6 is 0 Å². The molecule has 1 aliphatic heterocycles. The standard InChI is InChI=1S/C21H30O2/c1-5-6-7-8-15-12-18(22)20-16-11-14(2)9-10-17(16)21(3,4)23-19(20)13-15/h11-13,16-17,22H,5-10H2,1-4H3/t16-,17-/m1/s1/i1D3,5D2,6D2. The minimum Gasteiger partial charge on any atom is -0.507 e. The Labute approximate surface area is 150 Å². The van der Waals surface area contributed by atoms with Crippen molar-refractivity contribution in [3.8, 4) is 11.5 Å². The van der Waals surface area contributed by atoms with Gasteiger partial charge in [0.25, 0.3) is 0 Å². The second-order valence-electron chi connectivity index (χ2n) is 7.22. The summed E-state index contributed by atoms with van der Waals surface area (Å²) in [5.74, 6) is 0.925. The van der Waals surface area contributed by atoms with Gasteiger partial charge in [0.15, 0.2) is 0 Å². The molecule has 126 valence electrons. The molecule has 23 heavy (non-hydrogen) atoms. The molecule has 2 aliphatic rings. The van der Waals surface area contributed by atoms with Crippen LogP contribution < -0.4 is 4.74 Å². The third kappa shape index (κ3) is 3.13. The smallest absolute Gasteiger partial charge is 0.127 e. The number of phenols is 1. The van der Waals surface area contributed by atoms with E-state index in [1.54, 1.807) is 12.1 Å². The van der Waals surface area contributed by atoms with Gasteiger partial charge >= 0.3 is 0 Å². The number of aromatic hydroxyl groups is 1. The first-order valence-corrected chi connectivity index (χ1v) is 8.29. The number of allylic oxidation sites excluding steroid dienone is 2. The van der Waals surface area contributed by atoms with E-state index in [-0.39, 0.29) is 30.4 Å². The average molecular weight is 322 g/mol. The molecule has 1 N–H and O–H groups in total. The zero-order valence-electron chi connectivity index (χ0n) is 21.1. The first-order chi connectivity index (χ1) is 13.6. The summed E-state index contributed by atoms with van der Waals surface area (Å²) in [5, 5.41) is 10.8. The van der Waals surface area contributed by atoms with Crippen molar-refractivity contribution in [3.05, 3.63) is 34.9 Å². The molecule has 0 amide bonds. The van der Waals surface area contributed by atoms with Gasteiger partial charge in [-0.15, -0.1) is 0 Å². The van der Waals surface area contributed by atoms with Crippen molar-refractivity contribution >= 4 is 0 Å². The summed E-state index contributed by atoms with van der Waals surface area (Å²) in [6.07, 6.45) is -1.61. The normalized spacial score (nSPS) is 31.4. The molecule has 3 rings (SSSR count). The van der Waals surface area contributed by atoms with E-state index in [9.17, 15) is 5.11 Å². The maximum atomic E-state index is 10.8. The van der Waals surface area contributed by atoms with Crippen LogP contribution in [-0.4, -0.2) is 10.7 Å². The second-order valence-corrected chi connectivity index (χ2v) is 7.22. The van der Waals surface area contributed by atoms with E-state index >= 15 is 0 Å². The summed E-state index contributed by atoms with van der Waals surface area (Å²) >= 11 is 0. The molecule has 0 saturated heterocycles. The zero-order chi connectivity index (χ0) is 22.7. The first kappa shape index (κ1) is 9.76. The highest BCUT2D eigenvalue weighted by Gasteiger charge is 2.45. The number of ether oxygens (including phenoxy) is 1. The van der Waals surface area contributed by atoms with E-state index < -0.39 is 25.2 Å². The van der Waals surface area contributed by atoms with Gasteiger partial charge in [-0.05, 0) is 64.2 Å². The highest BCUT2D eigenvalue weighted by atomic mass is 16.5. The Morgan fingerprint density at radius 3 is 3.04 bits per heavy atom. The van der Waals surface area contributed by atoms with E-state index in [4.69, 9.17) is 14.3 Å². The molecule has 1 aliphatic carbocycles. The van der Waals surface area contributed by atoms with Gasteiger partial charge in [0, 0.05) is 27.0 Å². The monoisotopic (exact) mass is 321 g/mol. The number of fused-ring (bicyclic) bond motifs is 3. The number of hydrogen-bond acceptors (Lipinski definition) is 2. The summed E-state index contributed by atoms with van der Waals surface area (Å²) in [6, 6.07) is 3.34. The molecule has 0 unspecified atom stereocenters. The molecule has 0 bridgehead atoms. The van der Waals surface area contributed by atoms with Crippen molar-refractivity contribution in [2.45, 2.75) is 77.6 Å². The molecule has 0 saturated carbocycles. The summed E-state index contributed by atoms with van der Waals surface area (Å²) in [4.78, 5) is 0. The largest absolute Gasteiger partial charge is 0.507 e. The van der Waals surface area contributed by atoms with Crippen LogP contribution in [0.3, 0.4) is 0 Å². The minimum absolute atomic E-state index is 0.0442. The molecule has 1 heterocycles. The fourth-order valence-corrected chi connectivity index (χ4v) is 3.99. The second kappa shape index (κ2) is 6.22. The van der Waals surface area contributed by atoms with Crippen molar-refractivity contribution in [2.75, 3.05) is 0 Å². The molecular weight excluding hydrogens is 284 g/mol. The third-order valence-electron chi connectivity index (χ3n) is 5.15. The summed E-state index contributed by atoms with van der Waals surface area (Å²) in [7, 11) is 0. The Hall–Kier alpha value is -1.44. The highest BCUT2D eigenvalue weighted by Crippen LogP contribution is 2.53. The SMILES string of the molecule is [2H]C([2H])([2H])C([2H])([2H])C([2H])([2H])CCc1cc(O)c2c(c1)OC(C)(C)[C@@H]1CCC(C)=C[C@@H]21. The molecule has 0 spiro atoms. The maximum absolute atomic E-state index is 10.8. The molecule has 2 heteroatoms.